The summed E-state index contributed by atoms with van der Waals surface area (Å²) in [5.41, 5.74) is 0. The van der Waals surface area contributed by atoms with Crippen molar-refractivity contribution in [2.75, 3.05) is 13.2 Å². The van der Waals surface area contributed by atoms with Crippen LogP contribution >= 0.6 is 0 Å². The molecule has 0 saturated carbocycles. The minimum absolute atomic E-state index is 0.120. The number of carbonyl (C=O) groups excluding carboxylic acids is 2. The molecule has 0 aromatic carbocycles. The summed E-state index contributed by atoms with van der Waals surface area (Å²) in [6.45, 7) is 5.75. The number of carbonyl (C=O) groups is 2. The molecule has 1 amide bonds. The Kier molecular flexibility index (Phi) is 51.7. The third kappa shape index (κ3) is 42.2. The zero-order chi connectivity index (χ0) is 56.8. The maximum Gasteiger partial charge on any atom is 0.306 e. The zero-order valence-electron chi connectivity index (χ0n) is 50.3. The van der Waals surface area contributed by atoms with Crippen LogP contribution in [0.25, 0.3) is 0 Å². The van der Waals surface area contributed by atoms with Crippen molar-refractivity contribution >= 4 is 11.9 Å². The molecule has 0 aromatic heterocycles. The van der Waals surface area contributed by atoms with Gasteiger partial charge >= 0.3 is 5.97 Å². The second-order valence-electron chi connectivity index (χ2n) is 22.5. The van der Waals surface area contributed by atoms with Crippen molar-refractivity contribution < 1.29 is 49.3 Å². The van der Waals surface area contributed by atoms with E-state index in [9.17, 15) is 35.1 Å². The molecule has 1 fully saturated rings. The average Bonchev–Trinajstić information content (AvgIpc) is 3.45. The first kappa shape index (κ1) is 73.4. The number of rotatable bonds is 55. The van der Waals surface area contributed by atoms with E-state index >= 15 is 0 Å². The number of unbranched alkanes of at least 4 members (excludes halogenated alkanes) is 33. The molecule has 8 atom stereocenters. The maximum absolute atomic E-state index is 13.4. The fourth-order valence-corrected chi connectivity index (χ4v) is 9.99. The lowest BCUT2D eigenvalue weighted by molar-refractivity contribution is -0.305. The van der Waals surface area contributed by atoms with E-state index < -0.39 is 67.4 Å². The van der Waals surface area contributed by atoms with Crippen molar-refractivity contribution in [2.24, 2.45) is 0 Å². The summed E-state index contributed by atoms with van der Waals surface area (Å²) in [5, 5.41) is 56.9. The van der Waals surface area contributed by atoms with Gasteiger partial charge in [-0.2, -0.15) is 0 Å². The summed E-state index contributed by atoms with van der Waals surface area (Å²) in [6.07, 6.45) is 58.4. The van der Waals surface area contributed by atoms with Gasteiger partial charge in [0.25, 0.3) is 0 Å². The van der Waals surface area contributed by atoms with Crippen LogP contribution in [0.2, 0.25) is 0 Å². The summed E-state index contributed by atoms with van der Waals surface area (Å²) in [7, 11) is 0. The quantitative estimate of drug-likeness (QED) is 0.0195. The highest BCUT2D eigenvalue weighted by Crippen LogP contribution is 2.26. The number of nitrogens with one attached hydrogen (secondary N) is 1. The van der Waals surface area contributed by atoms with Crippen LogP contribution in [-0.4, -0.2) is 99.6 Å². The molecule has 0 bridgehead atoms. The molecule has 1 aliphatic heterocycles. The normalized spacial score (nSPS) is 19.3. The summed E-state index contributed by atoms with van der Waals surface area (Å²) < 4.78 is 17.6. The summed E-state index contributed by atoms with van der Waals surface area (Å²) >= 11 is 0. The monoisotopic (exact) mass is 1100 g/mol. The van der Waals surface area contributed by atoms with Crippen LogP contribution in [0, 0.1) is 0 Å². The number of ether oxygens (including phenoxy) is 3. The number of allylic oxidation sites excluding steroid dienone is 9. The number of hydrogen-bond acceptors (Lipinski definition) is 10. The first-order valence-electron chi connectivity index (χ1n) is 32.6. The summed E-state index contributed by atoms with van der Waals surface area (Å²) in [5.74, 6) is -1.19. The molecule has 11 nitrogen and oxygen atoms in total. The largest absolute Gasteiger partial charge is 0.454 e. The second-order valence-corrected chi connectivity index (χ2v) is 22.5. The Balaban J connectivity index is 2.54. The first-order chi connectivity index (χ1) is 38.2. The highest BCUT2D eigenvalue weighted by atomic mass is 16.7. The van der Waals surface area contributed by atoms with Gasteiger partial charge in [0.2, 0.25) is 5.91 Å². The Morgan fingerprint density at radius 1 is 0.500 bits per heavy atom. The van der Waals surface area contributed by atoms with Crippen LogP contribution in [0.3, 0.4) is 0 Å². The van der Waals surface area contributed by atoms with Crippen LogP contribution in [0.4, 0.5) is 0 Å². The predicted octanol–water partition coefficient (Wildman–Crippen LogP) is 15.8. The number of hydrogen-bond donors (Lipinski definition) is 6. The minimum Gasteiger partial charge on any atom is -0.454 e. The van der Waals surface area contributed by atoms with Crippen molar-refractivity contribution in [3.05, 3.63) is 60.8 Å². The molecule has 0 aromatic rings. The molecule has 1 saturated heterocycles. The average molecular weight is 1100 g/mol. The topological polar surface area (TPSA) is 175 Å². The number of aliphatic hydroxyl groups excluding tert-OH is 5. The van der Waals surface area contributed by atoms with Crippen molar-refractivity contribution in [2.45, 2.75) is 339 Å². The van der Waals surface area contributed by atoms with Gasteiger partial charge in [0.15, 0.2) is 12.4 Å². The molecule has 11 heteroatoms. The van der Waals surface area contributed by atoms with Crippen molar-refractivity contribution in [1.82, 2.24) is 5.32 Å². The van der Waals surface area contributed by atoms with Gasteiger partial charge in [-0.3, -0.25) is 9.59 Å². The molecule has 6 N–H and O–H groups in total. The van der Waals surface area contributed by atoms with Gasteiger partial charge in [-0.25, -0.2) is 0 Å². The van der Waals surface area contributed by atoms with Crippen molar-refractivity contribution in [3.8, 4) is 0 Å². The van der Waals surface area contributed by atoms with Crippen LogP contribution in [-0.2, 0) is 23.8 Å². The zero-order valence-corrected chi connectivity index (χ0v) is 50.3. The molecule has 8 unspecified atom stereocenters. The third-order valence-corrected chi connectivity index (χ3v) is 15.2. The van der Waals surface area contributed by atoms with Crippen LogP contribution in [0.15, 0.2) is 60.8 Å². The second kappa shape index (κ2) is 54.9. The number of amides is 1. The van der Waals surface area contributed by atoms with E-state index in [4.69, 9.17) is 14.2 Å². The summed E-state index contributed by atoms with van der Waals surface area (Å²) in [4.78, 5) is 26.5. The first-order valence-corrected chi connectivity index (χ1v) is 32.6. The molecule has 1 rings (SSSR count). The van der Waals surface area contributed by atoms with Gasteiger partial charge in [-0.05, 0) is 70.6 Å². The molecular weight excluding hydrogens is 979 g/mol. The third-order valence-electron chi connectivity index (χ3n) is 15.2. The molecule has 0 spiro atoms. The van der Waals surface area contributed by atoms with Crippen LogP contribution in [0.1, 0.15) is 290 Å². The fourth-order valence-electron chi connectivity index (χ4n) is 9.99. The molecule has 1 heterocycles. The van der Waals surface area contributed by atoms with E-state index in [0.717, 1.165) is 83.5 Å². The van der Waals surface area contributed by atoms with Gasteiger partial charge in [0.1, 0.15) is 24.4 Å². The predicted molar refractivity (Wildman–Crippen MR) is 324 cm³/mol. The lowest BCUT2D eigenvalue weighted by Crippen LogP contribution is -2.61. The maximum atomic E-state index is 13.4. The van der Waals surface area contributed by atoms with E-state index in [1.54, 1.807) is 6.08 Å². The molecule has 1 aliphatic rings. The fraction of sp³-hybridized carbons (Fsp3) is 0.821. The Morgan fingerprint density at radius 2 is 0.885 bits per heavy atom. The molecular formula is C67H121NO10. The Bertz CT molecular complexity index is 1500. The van der Waals surface area contributed by atoms with Gasteiger partial charge in [-0.1, -0.05) is 274 Å². The highest BCUT2D eigenvalue weighted by molar-refractivity contribution is 5.80. The Morgan fingerprint density at radius 3 is 1.35 bits per heavy atom. The summed E-state index contributed by atoms with van der Waals surface area (Å²) in [6, 6.07) is -1.02. The molecule has 454 valence electrons. The number of aliphatic hydroxyl groups is 5. The van der Waals surface area contributed by atoms with Gasteiger partial charge < -0.3 is 45.1 Å². The lowest BCUT2D eigenvalue weighted by atomic mass is 9.99. The van der Waals surface area contributed by atoms with E-state index in [1.807, 2.05) is 6.08 Å². The minimum atomic E-state index is -1.61. The van der Waals surface area contributed by atoms with Gasteiger partial charge in [-0.15, -0.1) is 0 Å². The Hall–Kier alpha value is -2.64. The highest BCUT2D eigenvalue weighted by Gasteiger charge is 2.47. The van der Waals surface area contributed by atoms with E-state index in [-0.39, 0.29) is 13.0 Å². The number of esters is 1. The van der Waals surface area contributed by atoms with Gasteiger partial charge in [0.05, 0.1) is 25.4 Å². The lowest BCUT2D eigenvalue weighted by Gasteiger charge is -2.41. The van der Waals surface area contributed by atoms with Crippen molar-refractivity contribution in [3.63, 3.8) is 0 Å². The smallest absolute Gasteiger partial charge is 0.306 e. The van der Waals surface area contributed by atoms with E-state index in [2.05, 4.69) is 74.7 Å². The van der Waals surface area contributed by atoms with E-state index in [1.165, 1.54) is 161 Å². The Labute approximate surface area is 478 Å². The van der Waals surface area contributed by atoms with E-state index in [0.29, 0.717) is 19.3 Å². The molecule has 0 radical (unpaired) electrons. The molecule has 78 heavy (non-hydrogen) atoms. The molecule has 0 aliphatic carbocycles. The van der Waals surface area contributed by atoms with Crippen LogP contribution in [0.5, 0.6) is 0 Å². The standard InChI is InChI=1S/C67H121NO10/c1-4-7-10-13-16-19-22-24-25-26-27-28-29-30-31-32-33-34-35-36-37-38-40-43-46-49-52-55-62(72)78-65-64(74)63(73)61(56-69)77-67(65)76-57-58(59(70)53-50-47-44-42-39-23-20-17-14-11-8-5-2)68-66(75)60(71)54-51-48-45-41-21-18-15-12-9-6-3/h16,19,24-25,27-28,30-31,50,53,58-61,63-65,67,69-71,73-74H,4-15,17-18,20-23,26,29,32-49,51-52,54-57H2,1-3H3,(H,68,75)/b19-16-,25-24-,28-27-,31-30-,53-50+. The van der Waals surface area contributed by atoms with Crippen molar-refractivity contribution in [1.29, 1.82) is 0 Å². The van der Waals surface area contributed by atoms with Gasteiger partial charge in [0, 0.05) is 6.42 Å². The van der Waals surface area contributed by atoms with Crippen LogP contribution < -0.4 is 5.32 Å². The SMILES string of the molecule is CCCCC/C=C\C/C=C\C/C=C\C/C=C\CCCCCCCCCCCCCC(=O)OC1C(OCC(NC(=O)C(O)CCCCCCCCCCCC)C(O)/C=C/CCCCCCCCCCCC)OC(CO)C(O)C1O.